The number of nitrogens with one attached hydrogen (secondary N) is 1. The first-order chi connectivity index (χ1) is 15.4. The van der Waals surface area contributed by atoms with Crippen LogP contribution in [0.3, 0.4) is 0 Å². The molecule has 180 valence electrons. The van der Waals surface area contributed by atoms with Crippen molar-refractivity contribution in [3.8, 4) is 0 Å². The zero-order valence-electron chi connectivity index (χ0n) is 18.8. The van der Waals surface area contributed by atoms with Crippen LogP contribution in [-0.4, -0.2) is 73.6 Å². The number of amides is 1. The number of benzene rings is 1. The average Bonchev–Trinajstić information content (AvgIpc) is 3.28. The lowest BCUT2D eigenvalue weighted by Gasteiger charge is -2.34. The molecule has 2 saturated heterocycles. The highest BCUT2D eigenvalue weighted by molar-refractivity contribution is 7.91. The number of sulfone groups is 1. The molecule has 33 heavy (non-hydrogen) atoms. The van der Waals surface area contributed by atoms with Gasteiger partial charge in [-0.2, -0.15) is 9.40 Å². The van der Waals surface area contributed by atoms with Crippen LogP contribution in [0.1, 0.15) is 42.4 Å². The highest BCUT2D eigenvalue weighted by Gasteiger charge is 2.33. The summed E-state index contributed by atoms with van der Waals surface area (Å²) < 4.78 is 58.6. The van der Waals surface area contributed by atoms with E-state index in [-0.39, 0.29) is 53.3 Å². The van der Waals surface area contributed by atoms with Crippen LogP contribution in [0.5, 0.6) is 0 Å². The third-order valence-electron chi connectivity index (χ3n) is 5.77. The second kappa shape index (κ2) is 8.82. The fraction of sp³-hybridized carbons (Fsp3) is 0.524. The lowest BCUT2D eigenvalue weighted by Crippen LogP contribution is -2.48. The van der Waals surface area contributed by atoms with Gasteiger partial charge in [-0.15, -0.1) is 0 Å². The van der Waals surface area contributed by atoms with Crippen molar-refractivity contribution >= 4 is 31.6 Å². The Hall–Kier alpha value is -2.28. The van der Waals surface area contributed by atoms with Gasteiger partial charge >= 0.3 is 0 Å². The molecular formula is C21H28N4O6S2. The zero-order valence-corrected chi connectivity index (χ0v) is 20.4. The molecule has 1 amide bonds. The van der Waals surface area contributed by atoms with Crippen LogP contribution >= 0.6 is 0 Å². The standard InChI is InChI=1S/C21H28N4O6S2/c1-14-9-20(25(23-14)18-7-8-32(27,28)13-18)22-21(26)17-5-4-6-19(10-17)33(29,30)24-11-15(2)31-16(3)12-24/h4-6,9-10,15-16,18H,7-8,11-13H2,1-3H3,(H,22,26). The predicted octanol–water partition coefficient (Wildman–Crippen LogP) is 1.60. The van der Waals surface area contributed by atoms with Crippen LogP contribution in [0.25, 0.3) is 0 Å². The number of anilines is 1. The number of ether oxygens (including phenoxy) is 1. The van der Waals surface area contributed by atoms with Crippen molar-refractivity contribution in [3.63, 3.8) is 0 Å². The molecule has 10 nitrogen and oxygen atoms in total. The summed E-state index contributed by atoms with van der Waals surface area (Å²) >= 11 is 0. The summed E-state index contributed by atoms with van der Waals surface area (Å²) in [6.07, 6.45) is -0.0212. The number of aryl methyl sites for hydroxylation is 1. The van der Waals surface area contributed by atoms with Crippen LogP contribution in [0.4, 0.5) is 5.82 Å². The summed E-state index contributed by atoms with van der Waals surface area (Å²) in [4.78, 5) is 13.0. The molecule has 1 N–H and O–H groups in total. The van der Waals surface area contributed by atoms with Gasteiger partial charge in [0.1, 0.15) is 5.82 Å². The third kappa shape index (κ3) is 5.13. The fourth-order valence-electron chi connectivity index (χ4n) is 4.32. The first-order valence-corrected chi connectivity index (χ1v) is 14.0. The van der Waals surface area contributed by atoms with Crippen LogP contribution in [0, 0.1) is 6.92 Å². The quantitative estimate of drug-likeness (QED) is 0.666. The van der Waals surface area contributed by atoms with Gasteiger partial charge < -0.3 is 10.1 Å². The summed E-state index contributed by atoms with van der Waals surface area (Å²) in [6, 6.07) is 7.20. The lowest BCUT2D eigenvalue weighted by molar-refractivity contribution is -0.0440. The molecule has 4 rings (SSSR count). The smallest absolute Gasteiger partial charge is 0.256 e. The Morgan fingerprint density at radius 3 is 2.52 bits per heavy atom. The van der Waals surface area contributed by atoms with E-state index in [1.165, 1.54) is 33.3 Å². The second-order valence-corrected chi connectivity index (χ2v) is 12.9. The number of nitrogens with zero attached hydrogens (tertiary/aromatic N) is 3. The zero-order chi connectivity index (χ0) is 24.0. The van der Waals surface area contributed by atoms with Crippen molar-refractivity contribution in [2.45, 2.75) is 50.3 Å². The van der Waals surface area contributed by atoms with E-state index in [0.29, 0.717) is 17.9 Å². The van der Waals surface area contributed by atoms with Crippen molar-refractivity contribution in [2.24, 2.45) is 0 Å². The molecule has 1 aromatic heterocycles. The lowest BCUT2D eigenvalue weighted by atomic mass is 10.2. The Labute approximate surface area is 193 Å². The van der Waals surface area contributed by atoms with Crippen LogP contribution in [0.2, 0.25) is 0 Å². The number of aromatic nitrogens is 2. The van der Waals surface area contributed by atoms with Crippen molar-refractivity contribution in [1.29, 1.82) is 0 Å². The van der Waals surface area contributed by atoms with E-state index in [1.54, 1.807) is 13.0 Å². The van der Waals surface area contributed by atoms with Crippen molar-refractivity contribution in [3.05, 3.63) is 41.6 Å². The molecule has 12 heteroatoms. The normalized spacial score (nSPS) is 25.7. The number of sulfonamides is 1. The fourth-order valence-corrected chi connectivity index (χ4v) is 7.65. The molecule has 0 spiro atoms. The number of carbonyl (C=O) groups excluding carboxylic acids is 1. The molecule has 2 aromatic rings. The predicted molar refractivity (Wildman–Crippen MR) is 122 cm³/mol. The molecule has 0 saturated carbocycles. The first-order valence-electron chi connectivity index (χ1n) is 10.8. The van der Waals surface area contributed by atoms with Crippen molar-refractivity contribution in [2.75, 3.05) is 29.9 Å². The van der Waals surface area contributed by atoms with Crippen molar-refractivity contribution in [1.82, 2.24) is 14.1 Å². The van der Waals surface area contributed by atoms with Gasteiger partial charge in [0.15, 0.2) is 9.84 Å². The minimum atomic E-state index is -3.80. The molecule has 0 aliphatic carbocycles. The van der Waals surface area contributed by atoms with Gasteiger partial charge in [0.2, 0.25) is 10.0 Å². The SMILES string of the molecule is Cc1cc(NC(=O)c2cccc(S(=O)(=O)N3CC(C)OC(C)C3)c2)n(C2CCS(=O)(=O)C2)n1. The summed E-state index contributed by atoms with van der Waals surface area (Å²) in [5.74, 6) is -0.0644. The van der Waals surface area contributed by atoms with Gasteiger partial charge in [-0.05, 0) is 45.4 Å². The molecule has 3 unspecified atom stereocenters. The molecule has 1 aromatic carbocycles. The number of hydrogen-bond acceptors (Lipinski definition) is 7. The largest absolute Gasteiger partial charge is 0.373 e. The Balaban J connectivity index is 1.56. The van der Waals surface area contributed by atoms with Gasteiger partial charge in [-0.25, -0.2) is 21.5 Å². The van der Waals surface area contributed by atoms with E-state index in [9.17, 15) is 21.6 Å². The van der Waals surface area contributed by atoms with Crippen LogP contribution in [-0.2, 0) is 24.6 Å². The molecule has 3 heterocycles. The van der Waals surface area contributed by atoms with E-state index < -0.39 is 25.8 Å². The van der Waals surface area contributed by atoms with Gasteiger partial charge in [0.05, 0.1) is 40.3 Å². The third-order valence-corrected chi connectivity index (χ3v) is 9.35. The Morgan fingerprint density at radius 2 is 1.88 bits per heavy atom. The minimum absolute atomic E-state index is 0.0267. The van der Waals surface area contributed by atoms with Gasteiger partial charge in [0, 0.05) is 24.7 Å². The number of morpholine rings is 1. The molecule has 0 radical (unpaired) electrons. The van der Waals surface area contributed by atoms with Gasteiger partial charge in [-0.3, -0.25) is 4.79 Å². The number of carbonyl (C=O) groups is 1. The van der Waals surface area contributed by atoms with E-state index in [1.807, 2.05) is 13.8 Å². The highest BCUT2D eigenvalue weighted by atomic mass is 32.2. The Morgan fingerprint density at radius 1 is 1.18 bits per heavy atom. The topological polar surface area (TPSA) is 128 Å². The second-order valence-electron chi connectivity index (χ2n) is 8.73. The van der Waals surface area contributed by atoms with Crippen molar-refractivity contribution < 1.29 is 26.4 Å². The summed E-state index contributed by atoms with van der Waals surface area (Å²) in [7, 11) is -6.92. The maximum atomic E-state index is 13.2. The first kappa shape index (κ1) is 23.9. The van der Waals surface area contributed by atoms with Gasteiger partial charge in [0.25, 0.3) is 5.91 Å². The molecule has 3 atom stereocenters. The summed E-state index contributed by atoms with van der Waals surface area (Å²) in [5, 5.41) is 7.12. The molecular weight excluding hydrogens is 468 g/mol. The molecule has 2 aliphatic rings. The maximum Gasteiger partial charge on any atom is 0.256 e. The molecule has 2 fully saturated rings. The van der Waals surface area contributed by atoms with E-state index >= 15 is 0 Å². The Kier molecular flexibility index (Phi) is 6.38. The van der Waals surface area contributed by atoms with Gasteiger partial charge in [-0.1, -0.05) is 6.07 Å². The average molecular weight is 497 g/mol. The highest BCUT2D eigenvalue weighted by Crippen LogP contribution is 2.28. The van der Waals surface area contributed by atoms with Crippen LogP contribution < -0.4 is 5.32 Å². The van der Waals surface area contributed by atoms with E-state index in [4.69, 9.17) is 4.74 Å². The monoisotopic (exact) mass is 496 g/mol. The van der Waals surface area contributed by atoms with E-state index in [2.05, 4.69) is 10.4 Å². The van der Waals surface area contributed by atoms with Crippen LogP contribution in [0.15, 0.2) is 35.2 Å². The maximum absolute atomic E-state index is 13.2. The Bertz CT molecular complexity index is 1260. The molecule has 2 aliphatic heterocycles. The summed E-state index contributed by atoms with van der Waals surface area (Å²) in [5.41, 5.74) is 0.816. The number of hydrogen-bond donors (Lipinski definition) is 1. The van der Waals surface area contributed by atoms with E-state index in [0.717, 1.165) is 0 Å². The molecule has 0 bridgehead atoms. The minimum Gasteiger partial charge on any atom is -0.373 e. The number of rotatable bonds is 5. The summed E-state index contributed by atoms with van der Waals surface area (Å²) in [6.45, 7) is 5.89.